The highest BCUT2D eigenvalue weighted by Crippen LogP contribution is 2.24. The molecule has 1 N–H and O–H groups in total. The summed E-state index contributed by atoms with van der Waals surface area (Å²) in [6, 6.07) is 5.56. The van der Waals surface area contributed by atoms with Crippen LogP contribution in [0.15, 0.2) is 18.2 Å². The molecule has 84 valence electrons. The van der Waals surface area contributed by atoms with Crippen LogP contribution in [0.2, 0.25) is 0 Å². The van der Waals surface area contributed by atoms with Gasteiger partial charge in [-0.1, -0.05) is 12.1 Å². The number of benzene rings is 1. The quantitative estimate of drug-likeness (QED) is 0.779. The summed E-state index contributed by atoms with van der Waals surface area (Å²) in [5.74, 6) is -0.241. The first-order valence-corrected chi connectivity index (χ1v) is 5.26. The van der Waals surface area contributed by atoms with Crippen molar-refractivity contribution in [1.29, 1.82) is 0 Å². The molecule has 16 heavy (non-hydrogen) atoms. The standard InChI is InChI=1S/C12H13NO3/c1-2-16-12(15)6-8-3-4-9-7-11(14)13-10(9)5-8/h3-5H,2,6-7H2,1H3,(H,13,14). The Morgan fingerprint density at radius 1 is 1.50 bits per heavy atom. The summed E-state index contributed by atoms with van der Waals surface area (Å²) in [5, 5.41) is 2.75. The predicted octanol–water partition coefficient (Wildman–Crippen LogP) is 1.29. The van der Waals surface area contributed by atoms with Crippen molar-refractivity contribution in [3.63, 3.8) is 0 Å². The van der Waals surface area contributed by atoms with Crippen molar-refractivity contribution >= 4 is 17.6 Å². The van der Waals surface area contributed by atoms with E-state index < -0.39 is 0 Å². The van der Waals surface area contributed by atoms with Crippen molar-refractivity contribution in [3.8, 4) is 0 Å². The predicted molar refractivity (Wildman–Crippen MR) is 59.1 cm³/mol. The molecule has 0 spiro atoms. The van der Waals surface area contributed by atoms with E-state index in [1.807, 2.05) is 18.2 Å². The highest BCUT2D eigenvalue weighted by Gasteiger charge is 2.17. The van der Waals surface area contributed by atoms with Crippen LogP contribution in [0.3, 0.4) is 0 Å². The van der Waals surface area contributed by atoms with Crippen LogP contribution in [0.1, 0.15) is 18.1 Å². The zero-order valence-corrected chi connectivity index (χ0v) is 9.08. The molecular weight excluding hydrogens is 206 g/mol. The molecule has 0 unspecified atom stereocenters. The van der Waals surface area contributed by atoms with Crippen LogP contribution in [0.4, 0.5) is 5.69 Å². The van der Waals surface area contributed by atoms with Crippen molar-refractivity contribution in [2.45, 2.75) is 19.8 Å². The number of hydrogen-bond acceptors (Lipinski definition) is 3. The fourth-order valence-electron chi connectivity index (χ4n) is 1.75. The number of carbonyl (C=O) groups is 2. The van der Waals surface area contributed by atoms with E-state index in [0.717, 1.165) is 16.8 Å². The Kier molecular flexibility index (Phi) is 2.90. The SMILES string of the molecule is CCOC(=O)Cc1ccc2c(c1)NC(=O)C2. The van der Waals surface area contributed by atoms with Crippen LogP contribution < -0.4 is 5.32 Å². The number of carbonyl (C=O) groups excluding carboxylic acids is 2. The van der Waals surface area contributed by atoms with E-state index >= 15 is 0 Å². The maximum Gasteiger partial charge on any atom is 0.310 e. The van der Waals surface area contributed by atoms with Crippen molar-refractivity contribution in [2.75, 3.05) is 11.9 Å². The van der Waals surface area contributed by atoms with E-state index in [2.05, 4.69) is 5.32 Å². The van der Waals surface area contributed by atoms with E-state index in [4.69, 9.17) is 4.74 Å². The Hall–Kier alpha value is -1.84. The second-order valence-corrected chi connectivity index (χ2v) is 3.70. The van der Waals surface area contributed by atoms with Crippen LogP contribution in [-0.2, 0) is 27.2 Å². The molecule has 0 saturated heterocycles. The Morgan fingerprint density at radius 3 is 3.06 bits per heavy atom. The van der Waals surface area contributed by atoms with Crippen molar-refractivity contribution in [3.05, 3.63) is 29.3 Å². The van der Waals surface area contributed by atoms with E-state index in [0.29, 0.717) is 13.0 Å². The first-order chi connectivity index (χ1) is 7.69. The molecule has 0 radical (unpaired) electrons. The lowest BCUT2D eigenvalue weighted by molar-refractivity contribution is -0.142. The second-order valence-electron chi connectivity index (χ2n) is 3.70. The summed E-state index contributed by atoms with van der Waals surface area (Å²) in [6.45, 7) is 2.17. The van der Waals surface area contributed by atoms with Gasteiger partial charge >= 0.3 is 5.97 Å². The smallest absolute Gasteiger partial charge is 0.310 e. The zero-order valence-electron chi connectivity index (χ0n) is 9.08. The summed E-state index contributed by atoms with van der Waals surface area (Å²) < 4.78 is 4.86. The first kappa shape index (κ1) is 10.7. The van der Waals surface area contributed by atoms with Gasteiger partial charge in [0, 0.05) is 5.69 Å². The summed E-state index contributed by atoms with van der Waals surface area (Å²) in [7, 11) is 0. The van der Waals surface area contributed by atoms with Crippen LogP contribution in [-0.4, -0.2) is 18.5 Å². The van der Waals surface area contributed by atoms with Gasteiger partial charge in [0.15, 0.2) is 0 Å². The molecule has 2 rings (SSSR count). The zero-order chi connectivity index (χ0) is 11.5. The number of rotatable bonds is 3. The fraction of sp³-hybridized carbons (Fsp3) is 0.333. The van der Waals surface area contributed by atoms with E-state index in [9.17, 15) is 9.59 Å². The number of amides is 1. The molecule has 1 aromatic carbocycles. The number of fused-ring (bicyclic) bond motifs is 1. The average molecular weight is 219 g/mol. The molecule has 4 heteroatoms. The number of nitrogens with one attached hydrogen (secondary N) is 1. The van der Waals surface area contributed by atoms with Gasteiger partial charge < -0.3 is 10.1 Å². The summed E-state index contributed by atoms with van der Waals surface area (Å²) in [6.07, 6.45) is 0.673. The highest BCUT2D eigenvalue weighted by atomic mass is 16.5. The normalized spacial score (nSPS) is 13.2. The molecule has 1 amide bonds. The van der Waals surface area contributed by atoms with Crippen molar-refractivity contribution in [2.24, 2.45) is 0 Å². The Balaban J connectivity index is 2.10. The molecule has 1 heterocycles. The van der Waals surface area contributed by atoms with E-state index in [1.165, 1.54) is 0 Å². The molecule has 1 aromatic rings. The molecule has 0 bridgehead atoms. The van der Waals surface area contributed by atoms with Crippen LogP contribution in [0, 0.1) is 0 Å². The van der Waals surface area contributed by atoms with Gasteiger partial charge in [-0.05, 0) is 24.1 Å². The lowest BCUT2D eigenvalue weighted by atomic mass is 10.1. The Bertz CT molecular complexity index is 440. The van der Waals surface area contributed by atoms with Crippen LogP contribution in [0.5, 0.6) is 0 Å². The van der Waals surface area contributed by atoms with Gasteiger partial charge in [0.05, 0.1) is 19.4 Å². The maximum atomic E-state index is 11.3. The number of esters is 1. The summed E-state index contributed by atoms with van der Waals surface area (Å²) in [5.41, 5.74) is 2.66. The Labute approximate surface area is 93.6 Å². The van der Waals surface area contributed by atoms with Gasteiger partial charge in [-0.25, -0.2) is 0 Å². The first-order valence-electron chi connectivity index (χ1n) is 5.26. The second kappa shape index (κ2) is 4.35. The lowest BCUT2D eigenvalue weighted by Gasteiger charge is -2.04. The lowest BCUT2D eigenvalue weighted by Crippen LogP contribution is -2.07. The molecule has 0 aromatic heterocycles. The van der Waals surface area contributed by atoms with Gasteiger partial charge in [-0.3, -0.25) is 9.59 Å². The van der Waals surface area contributed by atoms with Gasteiger partial charge in [0.25, 0.3) is 0 Å². The third kappa shape index (κ3) is 2.21. The Morgan fingerprint density at radius 2 is 2.31 bits per heavy atom. The van der Waals surface area contributed by atoms with Gasteiger partial charge in [-0.2, -0.15) is 0 Å². The molecule has 0 saturated carbocycles. The topological polar surface area (TPSA) is 55.4 Å². The van der Waals surface area contributed by atoms with E-state index in [1.54, 1.807) is 6.92 Å². The largest absolute Gasteiger partial charge is 0.466 e. The number of anilines is 1. The number of hydrogen-bond donors (Lipinski definition) is 1. The maximum absolute atomic E-state index is 11.3. The summed E-state index contributed by atoms with van der Waals surface area (Å²) >= 11 is 0. The molecule has 0 aliphatic carbocycles. The van der Waals surface area contributed by atoms with E-state index in [-0.39, 0.29) is 18.3 Å². The molecule has 4 nitrogen and oxygen atoms in total. The third-order valence-electron chi connectivity index (χ3n) is 2.45. The molecule has 1 aliphatic rings. The van der Waals surface area contributed by atoms with Gasteiger partial charge in [-0.15, -0.1) is 0 Å². The van der Waals surface area contributed by atoms with Crippen molar-refractivity contribution in [1.82, 2.24) is 0 Å². The number of ether oxygens (including phenoxy) is 1. The highest BCUT2D eigenvalue weighted by molar-refractivity contribution is 5.99. The van der Waals surface area contributed by atoms with Gasteiger partial charge in [0.2, 0.25) is 5.91 Å². The molecule has 0 atom stereocenters. The minimum Gasteiger partial charge on any atom is -0.466 e. The van der Waals surface area contributed by atoms with Crippen LogP contribution in [0.25, 0.3) is 0 Å². The summed E-state index contributed by atoms with van der Waals surface area (Å²) in [4.78, 5) is 22.4. The molecular formula is C12H13NO3. The van der Waals surface area contributed by atoms with Gasteiger partial charge in [0.1, 0.15) is 0 Å². The average Bonchev–Trinajstić information content (AvgIpc) is 2.57. The van der Waals surface area contributed by atoms with Crippen LogP contribution >= 0.6 is 0 Å². The monoisotopic (exact) mass is 219 g/mol. The fourth-order valence-corrected chi connectivity index (χ4v) is 1.75. The molecule has 1 aliphatic heterocycles. The molecule has 0 fully saturated rings. The minimum absolute atomic E-state index is 0.00304. The minimum atomic E-state index is -0.244. The third-order valence-corrected chi connectivity index (χ3v) is 2.45. The van der Waals surface area contributed by atoms with Crippen molar-refractivity contribution < 1.29 is 14.3 Å².